The number of halogens is 3. The van der Waals surface area contributed by atoms with E-state index in [0.29, 0.717) is 15.1 Å². The number of rotatable bonds is 7. The smallest absolute Gasteiger partial charge is 0.277 e. The molecule has 4 rings (SSSR count). The lowest BCUT2D eigenvalue weighted by Gasteiger charge is -2.08. The number of aryl methyl sites for hydroxylation is 2. The van der Waals surface area contributed by atoms with Gasteiger partial charge in [-0.05, 0) is 71.2 Å². The maximum Gasteiger partial charge on any atom is 0.277 e. The molecule has 1 N–H and O–H groups in total. The van der Waals surface area contributed by atoms with Gasteiger partial charge in [0, 0.05) is 23.0 Å². The molecule has 0 atom stereocenters. The van der Waals surface area contributed by atoms with Crippen LogP contribution in [0, 0.1) is 19.7 Å². The van der Waals surface area contributed by atoms with Crippen molar-refractivity contribution in [3.05, 3.63) is 92.6 Å². The first-order valence-electron chi connectivity index (χ1n) is 10.0. The van der Waals surface area contributed by atoms with E-state index < -0.39 is 11.7 Å². The first-order valence-corrected chi connectivity index (χ1v) is 11.2. The molecule has 2 heterocycles. The highest BCUT2D eigenvalue weighted by molar-refractivity contribution is 9.10. The molecule has 0 spiro atoms. The Kier molecular flexibility index (Phi) is 6.80. The van der Waals surface area contributed by atoms with E-state index in [9.17, 15) is 9.18 Å². The fourth-order valence-corrected chi connectivity index (χ4v) is 3.93. The molecular weight excluding hydrogens is 513 g/mol. The van der Waals surface area contributed by atoms with Crippen molar-refractivity contribution in [3.8, 4) is 5.75 Å². The summed E-state index contributed by atoms with van der Waals surface area (Å²) in [4.78, 5) is 12.6. The normalized spacial score (nSPS) is 10.9. The lowest BCUT2D eigenvalue weighted by Crippen LogP contribution is -2.15. The molecule has 2 aromatic carbocycles. The van der Waals surface area contributed by atoms with Crippen LogP contribution >= 0.6 is 27.5 Å². The summed E-state index contributed by atoms with van der Waals surface area (Å²) in [5.74, 6) is 0.162. The molecule has 7 nitrogen and oxygen atoms in total. The maximum absolute atomic E-state index is 14.1. The van der Waals surface area contributed by atoms with Gasteiger partial charge in [-0.1, -0.05) is 23.7 Å². The lowest BCUT2D eigenvalue weighted by atomic mass is 10.1. The highest BCUT2D eigenvalue weighted by Gasteiger charge is 2.16. The lowest BCUT2D eigenvalue weighted by molar-refractivity contribution is 0.101. The molecule has 33 heavy (non-hydrogen) atoms. The molecule has 0 aliphatic carbocycles. The summed E-state index contributed by atoms with van der Waals surface area (Å²) >= 11 is 9.46. The molecule has 4 aromatic rings. The summed E-state index contributed by atoms with van der Waals surface area (Å²) in [6.07, 6.45) is 3.29. The van der Waals surface area contributed by atoms with Crippen molar-refractivity contribution in [1.29, 1.82) is 0 Å². The van der Waals surface area contributed by atoms with Gasteiger partial charge in [-0.15, -0.1) is 0 Å². The van der Waals surface area contributed by atoms with E-state index in [4.69, 9.17) is 16.3 Å². The number of nitrogens with one attached hydrogen (secondary N) is 1. The van der Waals surface area contributed by atoms with Gasteiger partial charge in [0.1, 0.15) is 11.6 Å². The highest BCUT2D eigenvalue weighted by atomic mass is 79.9. The molecule has 10 heteroatoms. The average Bonchev–Trinajstić information content (AvgIpc) is 3.35. The predicted molar refractivity (Wildman–Crippen MR) is 127 cm³/mol. The van der Waals surface area contributed by atoms with Gasteiger partial charge in [0.05, 0.1) is 11.0 Å². The van der Waals surface area contributed by atoms with Crippen molar-refractivity contribution in [2.24, 2.45) is 0 Å². The number of hydrogen-bond acceptors (Lipinski definition) is 4. The number of hydrogen-bond donors (Lipinski definition) is 1. The average molecular weight is 533 g/mol. The van der Waals surface area contributed by atoms with Crippen molar-refractivity contribution < 1.29 is 13.9 Å². The van der Waals surface area contributed by atoms with Crippen molar-refractivity contribution in [2.75, 3.05) is 5.32 Å². The monoisotopic (exact) mass is 531 g/mol. The van der Waals surface area contributed by atoms with Crippen LogP contribution in [0.4, 0.5) is 10.2 Å². The van der Waals surface area contributed by atoms with Crippen LogP contribution in [0.15, 0.2) is 59.3 Å². The number of carbonyl (C=O) groups excluding carboxylic acids is 1. The molecule has 0 saturated carbocycles. The molecule has 0 fully saturated rings. The second kappa shape index (κ2) is 9.76. The van der Waals surface area contributed by atoms with Crippen LogP contribution < -0.4 is 10.1 Å². The zero-order valence-corrected chi connectivity index (χ0v) is 20.2. The van der Waals surface area contributed by atoms with Crippen LogP contribution in [-0.4, -0.2) is 25.5 Å². The molecular formula is C23H20BrClFN5O2. The van der Waals surface area contributed by atoms with Gasteiger partial charge in [-0.3, -0.25) is 9.48 Å². The Morgan fingerprint density at radius 2 is 1.91 bits per heavy atom. The molecule has 0 radical (unpaired) electrons. The van der Waals surface area contributed by atoms with Gasteiger partial charge in [0.15, 0.2) is 18.2 Å². The summed E-state index contributed by atoms with van der Waals surface area (Å²) in [5, 5.41) is 11.6. The van der Waals surface area contributed by atoms with E-state index >= 15 is 0 Å². The van der Waals surface area contributed by atoms with Gasteiger partial charge in [0.25, 0.3) is 5.91 Å². The van der Waals surface area contributed by atoms with Crippen molar-refractivity contribution in [1.82, 2.24) is 19.6 Å². The number of ether oxygens (including phenoxy) is 1. The van der Waals surface area contributed by atoms with Gasteiger partial charge in [-0.2, -0.15) is 10.2 Å². The van der Waals surface area contributed by atoms with Crippen LogP contribution in [0.3, 0.4) is 0 Å². The first kappa shape index (κ1) is 23.0. The quantitative estimate of drug-likeness (QED) is 0.337. The van der Waals surface area contributed by atoms with Gasteiger partial charge in [-0.25, -0.2) is 9.07 Å². The van der Waals surface area contributed by atoms with Crippen LogP contribution in [0.1, 0.15) is 27.2 Å². The molecule has 0 saturated heterocycles. The predicted octanol–water partition coefficient (Wildman–Crippen LogP) is 5.59. The Bertz CT molecular complexity index is 1280. The van der Waals surface area contributed by atoms with E-state index in [0.717, 1.165) is 16.9 Å². The third-order valence-electron chi connectivity index (χ3n) is 4.76. The largest absolute Gasteiger partial charge is 0.471 e. The molecule has 0 aliphatic rings. The summed E-state index contributed by atoms with van der Waals surface area (Å²) in [7, 11) is 0. The van der Waals surface area contributed by atoms with Crippen molar-refractivity contribution in [2.45, 2.75) is 27.1 Å². The summed E-state index contributed by atoms with van der Waals surface area (Å²) < 4.78 is 23.4. The number of benzene rings is 2. The van der Waals surface area contributed by atoms with Crippen molar-refractivity contribution >= 4 is 39.3 Å². The second-order valence-electron chi connectivity index (χ2n) is 7.51. The van der Waals surface area contributed by atoms with Crippen LogP contribution in [0.5, 0.6) is 5.75 Å². The van der Waals surface area contributed by atoms with Gasteiger partial charge >= 0.3 is 0 Å². The Balaban J connectivity index is 1.40. The van der Waals surface area contributed by atoms with Crippen LogP contribution in [0.25, 0.3) is 0 Å². The third kappa shape index (κ3) is 5.61. The SMILES string of the molecule is Cc1cc(C)cc(OCn2ccc(C(=O)Nc3nn(Cc4c(F)cccc4Cl)cc3Br)n2)c1. The fraction of sp³-hybridized carbons (Fsp3) is 0.174. The summed E-state index contributed by atoms with van der Waals surface area (Å²) in [5.41, 5.74) is 2.73. The zero-order valence-electron chi connectivity index (χ0n) is 17.8. The number of amides is 1. The fourth-order valence-electron chi connectivity index (χ4n) is 3.29. The minimum atomic E-state index is -0.435. The summed E-state index contributed by atoms with van der Waals surface area (Å²) in [6.45, 7) is 4.28. The van der Waals surface area contributed by atoms with E-state index in [1.807, 2.05) is 26.0 Å². The number of nitrogens with zero attached hydrogens (tertiary/aromatic N) is 4. The standard InChI is InChI=1S/C23H20BrClFN5O2/c1-14-8-15(2)10-16(9-14)33-13-30-7-6-21(28-30)23(32)27-22-18(24)12-31(29-22)11-17-19(25)4-3-5-20(17)26/h3-10,12H,11,13H2,1-2H3,(H,27,29,32). The van der Waals surface area contributed by atoms with E-state index in [2.05, 4.69) is 37.5 Å². The zero-order chi connectivity index (χ0) is 23.5. The molecule has 0 bridgehead atoms. The Hall–Kier alpha value is -3.17. The first-order chi connectivity index (χ1) is 15.8. The van der Waals surface area contributed by atoms with E-state index in [1.165, 1.54) is 21.5 Å². The van der Waals surface area contributed by atoms with Crippen molar-refractivity contribution in [3.63, 3.8) is 0 Å². The second-order valence-corrected chi connectivity index (χ2v) is 8.78. The van der Waals surface area contributed by atoms with Gasteiger partial charge in [0.2, 0.25) is 0 Å². The Morgan fingerprint density at radius 3 is 2.64 bits per heavy atom. The number of aromatic nitrogens is 4. The third-order valence-corrected chi connectivity index (χ3v) is 5.70. The van der Waals surface area contributed by atoms with E-state index in [1.54, 1.807) is 24.5 Å². The number of anilines is 1. The topological polar surface area (TPSA) is 74.0 Å². The van der Waals surface area contributed by atoms with Crippen LogP contribution in [-0.2, 0) is 13.3 Å². The highest BCUT2D eigenvalue weighted by Crippen LogP contribution is 2.24. The molecule has 170 valence electrons. The van der Waals surface area contributed by atoms with Crippen LogP contribution in [0.2, 0.25) is 5.02 Å². The minimum Gasteiger partial charge on any atom is -0.471 e. The minimum absolute atomic E-state index is 0.115. The molecule has 2 aromatic heterocycles. The molecule has 0 aliphatic heterocycles. The maximum atomic E-state index is 14.1. The Morgan fingerprint density at radius 1 is 1.15 bits per heavy atom. The molecule has 0 unspecified atom stereocenters. The van der Waals surface area contributed by atoms with E-state index in [-0.39, 0.29) is 24.8 Å². The summed E-state index contributed by atoms with van der Waals surface area (Å²) in [6, 6.07) is 12.0. The number of carbonyl (C=O) groups is 1. The molecule has 1 amide bonds. The Labute approximate surface area is 203 Å². The van der Waals surface area contributed by atoms with Gasteiger partial charge < -0.3 is 10.1 Å².